The molecule has 0 bridgehead atoms. The fraction of sp³-hybridized carbons (Fsp3) is 0.667. The molecule has 1 fully saturated rings. The molecule has 0 radical (unpaired) electrons. The summed E-state index contributed by atoms with van der Waals surface area (Å²) in [6, 6.07) is 0. The van der Waals surface area contributed by atoms with Gasteiger partial charge in [-0.2, -0.15) is 0 Å². The van der Waals surface area contributed by atoms with Crippen LogP contribution in [-0.4, -0.2) is 0 Å². The molecule has 0 spiro atoms. The zero-order valence-electron chi connectivity index (χ0n) is 8.86. The van der Waals surface area contributed by atoms with E-state index in [4.69, 9.17) is 11.5 Å². The minimum atomic E-state index is 0.868. The third kappa shape index (κ3) is 3.86. The van der Waals surface area contributed by atoms with Crippen molar-refractivity contribution in [2.45, 2.75) is 38.5 Å². The highest BCUT2D eigenvalue weighted by Gasteiger charge is 2.18. The van der Waals surface area contributed by atoms with E-state index in [2.05, 4.69) is 12.2 Å². The Bertz CT molecular complexity index is 166. The maximum absolute atomic E-state index is 5.34. The van der Waals surface area contributed by atoms with Crippen LogP contribution in [0.3, 0.4) is 0 Å². The van der Waals surface area contributed by atoms with Gasteiger partial charge in [-0.1, -0.05) is 12.2 Å². The molecule has 0 atom stereocenters. The molecule has 0 aromatic rings. The Hall–Kier alpha value is -0.920. The maximum atomic E-state index is 5.34. The van der Waals surface area contributed by atoms with Crippen molar-refractivity contribution in [2.75, 3.05) is 0 Å². The van der Waals surface area contributed by atoms with Gasteiger partial charge in [0.2, 0.25) is 0 Å². The summed E-state index contributed by atoms with van der Waals surface area (Å²) in [5, 5.41) is 0. The highest BCUT2D eigenvalue weighted by molar-refractivity contribution is 4.85. The van der Waals surface area contributed by atoms with Gasteiger partial charge >= 0.3 is 0 Å². The highest BCUT2D eigenvalue weighted by atomic mass is 14.5. The van der Waals surface area contributed by atoms with Crippen LogP contribution in [0.15, 0.2) is 24.6 Å². The van der Waals surface area contributed by atoms with Crippen molar-refractivity contribution in [3.8, 4) is 0 Å². The van der Waals surface area contributed by atoms with E-state index in [-0.39, 0.29) is 0 Å². The maximum Gasteiger partial charge on any atom is -0.0103 e. The Morgan fingerprint density at radius 1 is 0.786 bits per heavy atom. The van der Waals surface area contributed by atoms with E-state index in [0.29, 0.717) is 0 Å². The summed E-state index contributed by atoms with van der Waals surface area (Å²) in [6.07, 6.45) is 15.3. The molecule has 1 rings (SSSR count). The standard InChI is InChI=1S/C12H22N2/c13-9-1-3-11-5-7-12(8-6-11)4-2-10-14/h1-2,9-12H,3-8,13-14H2. The van der Waals surface area contributed by atoms with Gasteiger partial charge in [0.1, 0.15) is 0 Å². The van der Waals surface area contributed by atoms with Crippen LogP contribution in [0.25, 0.3) is 0 Å². The molecule has 1 aliphatic rings. The van der Waals surface area contributed by atoms with Crippen LogP contribution < -0.4 is 11.5 Å². The van der Waals surface area contributed by atoms with E-state index in [1.807, 2.05) is 0 Å². The van der Waals surface area contributed by atoms with Gasteiger partial charge in [0.25, 0.3) is 0 Å². The summed E-state index contributed by atoms with van der Waals surface area (Å²) >= 11 is 0. The fourth-order valence-corrected chi connectivity index (χ4v) is 2.24. The van der Waals surface area contributed by atoms with Gasteiger partial charge in [-0.05, 0) is 62.8 Å². The molecular formula is C12H22N2. The predicted molar refractivity (Wildman–Crippen MR) is 61.3 cm³/mol. The van der Waals surface area contributed by atoms with Gasteiger partial charge < -0.3 is 11.5 Å². The normalized spacial score (nSPS) is 28.9. The molecule has 0 aromatic heterocycles. The summed E-state index contributed by atoms with van der Waals surface area (Å²) in [4.78, 5) is 0. The van der Waals surface area contributed by atoms with Crippen molar-refractivity contribution in [3.05, 3.63) is 24.6 Å². The Balaban J connectivity index is 2.17. The lowest BCUT2D eigenvalue weighted by Crippen LogP contribution is -2.13. The second-order valence-electron chi connectivity index (χ2n) is 4.21. The highest BCUT2D eigenvalue weighted by Crippen LogP contribution is 2.32. The second kappa shape index (κ2) is 6.52. The number of rotatable bonds is 4. The van der Waals surface area contributed by atoms with Crippen molar-refractivity contribution in [1.29, 1.82) is 0 Å². The quantitative estimate of drug-likeness (QED) is 0.722. The number of allylic oxidation sites excluding steroid dienone is 2. The average Bonchev–Trinajstić information content (AvgIpc) is 2.25. The molecule has 4 N–H and O–H groups in total. The van der Waals surface area contributed by atoms with E-state index in [0.717, 1.165) is 24.7 Å². The topological polar surface area (TPSA) is 52.0 Å². The lowest BCUT2D eigenvalue weighted by Gasteiger charge is -2.27. The van der Waals surface area contributed by atoms with Crippen molar-refractivity contribution in [1.82, 2.24) is 0 Å². The first-order chi connectivity index (χ1) is 6.86. The third-order valence-corrected chi connectivity index (χ3v) is 3.18. The SMILES string of the molecule is NC=CCC1CCC(CC=CN)CC1. The Morgan fingerprint density at radius 2 is 1.14 bits per heavy atom. The average molecular weight is 194 g/mol. The van der Waals surface area contributed by atoms with Crippen molar-refractivity contribution in [2.24, 2.45) is 23.3 Å². The number of hydrogen-bond acceptors (Lipinski definition) is 2. The smallest absolute Gasteiger partial charge is 0.0103 e. The minimum Gasteiger partial charge on any atom is -0.405 e. The summed E-state index contributed by atoms with van der Waals surface area (Å²) in [7, 11) is 0. The zero-order valence-corrected chi connectivity index (χ0v) is 8.86. The molecule has 14 heavy (non-hydrogen) atoms. The van der Waals surface area contributed by atoms with Crippen LogP contribution in [0.5, 0.6) is 0 Å². The lowest BCUT2D eigenvalue weighted by molar-refractivity contribution is 0.277. The van der Waals surface area contributed by atoms with E-state index < -0.39 is 0 Å². The minimum absolute atomic E-state index is 0.868. The van der Waals surface area contributed by atoms with Crippen LogP contribution in [0.1, 0.15) is 38.5 Å². The third-order valence-electron chi connectivity index (χ3n) is 3.18. The van der Waals surface area contributed by atoms with Gasteiger partial charge in [-0.15, -0.1) is 0 Å². The van der Waals surface area contributed by atoms with Gasteiger partial charge in [0.05, 0.1) is 0 Å². The van der Waals surface area contributed by atoms with Crippen molar-refractivity contribution >= 4 is 0 Å². The molecule has 0 aromatic carbocycles. The summed E-state index contributed by atoms with van der Waals surface area (Å²) in [6.45, 7) is 0. The molecular weight excluding hydrogens is 172 g/mol. The molecule has 80 valence electrons. The van der Waals surface area contributed by atoms with Crippen molar-refractivity contribution < 1.29 is 0 Å². The predicted octanol–water partition coefficient (Wildman–Crippen LogP) is 2.52. The van der Waals surface area contributed by atoms with E-state index >= 15 is 0 Å². The van der Waals surface area contributed by atoms with Crippen LogP contribution in [0, 0.1) is 11.8 Å². The summed E-state index contributed by atoms with van der Waals surface area (Å²) in [5.41, 5.74) is 10.7. The molecule has 0 aliphatic heterocycles. The van der Waals surface area contributed by atoms with Gasteiger partial charge in [0, 0.05) is 0 Å². The van der Waals surface area contributed by atoms with Gasteiger partial charge in [-0.25, -0.2) is 0 Å². The molecule has 0 unspecified atom stereocenters. The molecule has 2 heteroatoms. The molecule has 0 amide bonds. The molecule has 2 nitrogen and oxygen atoms in total. The summed E-state index contributed by atoms with van der Waals surface area (Å²) in [5.74, 6) is 1.74. The van der Waals surface area contributed by atoms with E-state index in [1.165, 1.54) is 25.7 Å². The van der Waals surface area contributed by atoms with Crippen LogP contribution in [-0.2, 0) is 0 Å². The molecule has 0 saturated heterocycles. The van der Waals surface area contributed by atoms with Crippen LogP contribution in [0.2, 0.25) is 0 Å². The van der Waals surface area contributed by atoms with Crippen LogP contribution in [0.4, 0.5) is 0 Å². The van der Waals surface area contributed by atoms with E-state index in [1.54, 1.807) is 12.4 Å². The lowest BCUT2D eigenvalue weighted by atomic mass is 9.79. The number of nitrogens with two attached hydrogens (primary N) is 2. The first-order valence-electron chi connectivity index (χ1n) is 5.60. The monoisotopic (exact) mass is 194 g/mol. The molecule has 1 saturated carbocycles. The zero-order chi connectivity index (χ0) is 10.2. The number of hydrogen-bond donors (Lipinski definition) is 2. The first-order valence-corrected chi connectivity index (χ1v) is 5.60. The van der Waals surface area contributed by atoms with Crippen molar-refractivity contribution in [3.63, 3.8) is 0 Å². The van der Waals surface area contributed by atoms with E-state index in [9.17, 15) is 0 Å². The Morgan fingerprint density at radius 3 is 1.43 bits per heavy atom. The van der Waals surface area contributed by atoms with Gasteiger partial charge in [-0.3, -0.25) is 0 Å². The molecule has 1 aliphatic carbocycles. The first kappa shape index (κ1) is 11.2. The Labute approximate surface area is 87.0 Å². The van der Waals surface area contributed by atoms with Crippen LogP contribution >= 0.6 is 0 Å². The largest absolute Gasteiger partial charge is 0.405 e. The fourth-order valence-electron chi connectivity index (χ4n) is 2.24. The van der Waals surface area contributed by atoms with Gasteiger partial charge in [0.15, 0.2) is 0 Å². The second-order valence-corrected chi connectivity index (χ2v) is 4.21. The summed E-state index contributed by atoms with van der Waals surface area (Å²) < 4.78 is 0. The molecule has 0 heterocycles. The Kier molecular flexibility index (Phi) is 5.20.